The third kappa shape index (κ3) is 3.70. The molecule has 2 aromatic rings. The number of amides is 1. The first-order chi connectivity index (χ1) is 9.97. The molecule has 0 fully saturated rings. The molecule has 3 N–H and O–H groups in total. The standard InChI is InChI=1S/C14H12ClN3O3/c15-11-3-5-12(6-4-11)17-8-10-2-1-9(14(16)19)7-13(10)18(20)21/h1-7,17H,8H2,(H2,16,19). The molecular formula is C14H12ClN3O3. The van der Waals surface area contributed by atoms with Crippen LogP contribution in [0.2, 0.25) is 5.02 Å². The molecule has 0 aliphatic carbocycles. The van der Waals surface area contributed by atoms with Gasteiger partial charge in [-0.2, -0.15) is 0 Å². The topological polar surface area (TPSA) is 98.3 Å². The number of nitrogens with one attached hydrogen (secondary N) is 1. The second kappa shape index (κ2) is 6.23. The predicted octanol–water partition coefficient (Wildman–Crippen LogP) is 2.96. The monoisotopic (exact) mass is 305 g/mol. The van der Waals surface area contributed by atoms with Gasteiger partial charge in [0.25, 0.3) is 5.69 Å². The fraction of sp³-hybridized carbons (Fsp3) is 0.0714. The van der Waals surface area contributed by atoms with E-state index in [1.807, 2.05) is 0 Å². The molecule has 0 bridgehead atoms. The molecule has 6 nitrogen and oxygen atoms in total. The fourth-order valence-corrected chi connectivity index (χ4v) is 1.93. The Morgan fingerprint density at radius 2 is 1.90 bits per heavy atom. The molecule has 0 aliphatic rings. The van der Waals surface area contributed by atoms with Gasteiger partial charge < -0.3 is 11.1 Å². The first kappa shape index (κ1) is 14.8. The molecule has 1 amide bonds. The maximum atomic E-state index is 11.1. The van der Waals surface area contributed by atoms with Crippen LogP contribution in [0.3, 0.4) is 0 Å². The number of hydrogen-bond donors (Lipinski definition) is 2. The number of nitrogens with two attached hydrogens (primary N) is 1. The van der Waals surface area contributed by atoms with Gasteiger partial charge in [-0.3, -0.25) is 14.9 Å². The third-order valence-corrected chi connectivity index (χ3v) is 3.15. The van der Waals surface area contributed by atoms with Crippen LogP contribution in [0.4, 0.5) is 11.4 Å². The van der Waals surface area contributed by atoms with Crippen molar-refractivity contribution < 1.29 is 9.72 Å². The number of nitrogens with zero attached hydrogens (tertiary/aromatic N) is 1. The maximum absolute atomic E-state index is 11.1. The number of primary amides is 1. The van der Waals surface area contributed by atoms with E-state index in [1.165, 1.54) is 18.2 Å². The summed E-state index contributed by atoms with van der Waals surface area (Å²) in [7, 11) is 0. The van der Waals surface area contributed by atoms with Gasteiger partial charge in [-0.15, -0.1) is 0 Å². The number of carbonyl (C=O) groups excluding carboxylic acids is 1. The van der Waals surface area contributed by atoms with Crippen molar-refractivity contribution >= 4 is 28.9 Å². The molecule has 0 heterocycles. The van der Waals surface area contributed by atoms with Crippen molar-refractivity contribution in [2.24, 2.45) is 5.73 Å². The van der Waals surface area contributed by atoms with Gasteiger partial charge in [-0.05, 0) is 36.4 Å². The summed E-state index contributed by atoms with van der Waals surface area (Å²) in [5, 5.41) is 14.7. The normalized spacial score (nSPS) is 10.1. The highest BCUT2D eigenvalue weighted by atomic mass is 35.5. The van der Waals surface area contributed by atoms with E-state index in [1.54, 1.807) is 24.3 Å². The number of anilines is 1. The molecule has 2 rings (SSSR count). The molecule has 0 spiro atoms. The number of carbonyl (C=O) groups is 1. The molecule has 0 radical (unpaired) electrons. The molecule has 108 valence electrons. The lowest BCUT2D eigenvalue weighted by atomic mass is 10.1. The lowest BCUT2D eigenvalue weighted by Gasteiger charge is -2.08. The van der Waals surface area contributed by atoms with Crippen molar-refractivity contribution in [3.63, 3.8) is 0 Å². The molecule has 0 aromatic heterocycles. The highest BCUT2D eigenvalue weighted by Crippen LogP contribution is 2.22. The minimum absolute atomic E-state index is 0.108. The van der Waals surface area contributed by atoms with Crippen LogP contribution in [0.25, 0.3) is 0 Å². The molecule has 0 saturated carbocycles. The summed E-state index contributed by atoms with van der Waals surface area (Å²) in [4.78, 5) is 21.6. The lowest BCUT2D eigenvalue weighted by molar-refractivity contribution is -0.385. The van der Waals surface area contributed by atoms with E-state index in [0.29, 0.717) is 10.6 Å². The number of nitro benzene ring substituents is 1. The van der Waals surface area contributed by atoms with Gasteiger partial charge >= 0.3 is 0 Å². The van der Waals surface area contributed by atoms with Crippen LogP contribution in [0.5, 0.6) is 0 Å². The summed E-state index contributed by atoms with van der Waals surface area (Å²) in [5.41, 5.74) is 6.33. The van der Waals surface area contributed by atoms with Gasteiger partial charge in [-0.1, -0.05) is 11.6 Å². The summed E-state index contributed by atoms with van der Waals surface area (Å²) in [6, 6.07) is 11.1. The molecule has 2 aromatic carbocycles. The summed E-state index contributed by atoms with van der Waals surface area (Å²) in [6.07, 6.45) is 0. The zero-order chi connectivity index (χ0) is 15.4. The lowest BCUT2D eigenvalue weighted by Crippen LogP contribution is -2.12. The summed E-state index contributed by atoms with van der Waals surface area (Å²) >= 11 is 5.78. The summed E-state index contributed by atoms with van der Waals surface area (Å²) in [6.45, 7) is 0.247. The number of nitro groups is 1. The van der Waals surface area contributed by atoms with Crippen LogP contribution in [0.1, 0.15) is 15.9 Å². The highest BCUT2D eigenvalue weighted by molar-refractivity contribution is 6.30. The fourth-order valence-electron chi connectivity index (χ4n) is 1.80. The van der Waals surface area contributed by atoms with Crippen LogP contribution < -0.4 is 11.1 Å². The van der Waals surface area contributed by atoms with Crippen molar-refractivity contribution in [2.45, 2.75) is 6.54 Å². The van der Waals surface area contributed by atoms with Crippen LogP contribution in [0.15, 0.2) is 42.5 Å². The second-order valence-electron chi connectivity index (χ2n) is 4.33. The van der Waals surface area contributed by atoms with Gasteiger partial charge in [0, 0.05) is 34.4 Å². The van der Waals surface area contributed by atoms with E-state index in [2.05, 4.69) is 5.32 Å². The van der Waals surface area contributed by atoms with Crippen LogP contribution in [-0.4, -0.2) is 10.8 Å². The Bertz CT molecular complexity index is 686. The third-order valence-electron chi connectivity index (χ3n) is 2.89. The highest BCUT2D eigenvalue weighted by Gasteiger charge is 2.16. The van der Waals surface area contributed by atoms with Crippen molar-refractivity contribution in [1.82, 2.24) is 0 Å². The van der Waals surface area contributed by atoms with Crippen molar-refractivity contribution in [3.8, 4) is 0 Å². The number of rotatable bonds is 5. The summed E-state index contributed by atoms with van der Waals surface area (Å²) in [5.74, 6) is -0.699. The average molecular weight is 306 g/mol. The first-order valence-electron chi connectivity index (χ1n) is 6.04. The smallest absolute Gasteiger partial charge is 0.275 e. The minimum atomic E-state index is -0.699. The van der Waals surface area contributed by atoms with E-state index >= 15 is 0 Å². The van der Waals surface area contributed by atoms with Crippen molar-refractivity contribution in [3.05, 3.63) is 68.7 Å². The van der Waals surface area contributed by atoms with Gasteiger partial charge in [-0.25, -0.2) is 0 Å². The predicted molar refractivity (Wildman–Crippen MR) is 80.4 cm³/mol. The zero-order valence-corrected chi connectivity index (χ0v) is 11.6. The molecular weight excluding hydrogens is 294 g/mol. The largest absolute Gasteiger partial charge is 0.381 e. The van der Waals surface area contributed by atoms with Crippen molar-refractivity contribution in [1.29, 1.82) is 0 Å². The molecule has 0 saturated heterocycles. The molecule has 7 heteroatoms. The number of hydrogen-bond acceptors (Lipinski definition) is 4. The average Bonchev–Trinajstić information content (AvgIpc) is 2.46. The SMILES string of the molecule is NC(=O)c1ccc(CNc2ccc(Cl)cc2)c([N+](=O)[O-])c1. The Morgan fingerprint density at radius 3 is 2.48 bits per heavy atom. The Hall–Kier alpha value is -2.60. The molecule has 0 atom stereocenters. The zero-order valence-electron chi connectivity index (χ0n) is 10.9. The quantitative estimate of drug-likeness (QED) is 0.655. The van der Waals surface area contributed by atoms with E-state index in [0.717, 1.165) is 5.69 Å². The molecule has 21 heavy (non-hydrogen) atoms. The van der Waals surface area contributed by atoms with Crippen molar-refractivity contribution in [2.75, 3.05) is 5.32 Å². The maximum Gasteiger partial charge on any atom is 0.275 e. The van der Waals surface area contributed by atoms with E-state index in [-0.39, 0.29) is 17.8 Å². The van der Waals surface area contributed by atoms with Crippen LogP contribution in [0, 0.1) is 10.1 Å². The number of halogens is 1. The van der Waals surface area contributed by atoms with Gasteiger partial charge in [0.1, 0.15) is 0 Å². The Kier molecular flexibility index (Phi) is 4.39. The first-order valence-corrected chi connectivity index (χ1v) is 6.42. The van der Waals surface area contributed by atoms with Gasteiger partial charge in [0.2, 0.25) is 5.91 Å². The van der Waals surface area contributed by atoms with E-state index in [4.69, 9.17) is 17.3 Å². The Labute approximate surface area is 125 Å². The van der Waals surface area contributed by atoms with Crippen LogP contribution in [-0.2, 0) is 6.54 Å². The Morgan fingerprint density at radius 1 is 1.24 bits per heavy atom. The van der Waals surface area contributed by atoms with E-state index < -0.39 is 10.8 Å². The van der Waals surface area contributed by atoms with E-state index in [9.17, 15) is 14.9 Å². The molecule has 0 unspecified atom stereocenters. The summed E-state index contributed by atoms with van der Waals surface area (Å²) < 4.78 is 0. The molecule has 0 aliphatic heterocycles. The van der Waals surface area contributed by atoms with Gasteiger partial charge in [0.15, 0.2) is 0 Å². The number of benzene rings is 2. The van der Waals surface area contributed by atoms with Gasteiger partial charge in [0.05, 0.1) is 4.92 Å². The second-order valence-corrected chi connectivity index (χ2v) is 4.76. The minimum Gasteiger partial charge on any atom is -0.381 e. The Balaban J connectivity index is 2.21. The van der Waals surface area contributed by atoms with Crippen LogP contribution >= 0.6 is 11.6 Å².